The van der Waals surface area contributed by atoms with Crippen LogP contribution >= 0.6 is 22.9 Å². The number of nitrogens with zero attached hydrogens (tertiary/aromatic N) is 1. The van der Waals surface area contributed by atoms with Gasteiger partial charge in [-0.2, -0.15) is 0 Å². The molecule has 9 heteroatoms. The van der Waals surface area contributed by atoms with E-state index in [1.54, 1.807) is 23.6 Å². The van der Waals surface area contributed by atoms with Crippen molar-refractivity contribution in [2.24, 2.45) is 0 Å². The second kappa shape index (κ2) is 8.81. The SMILES string of the molecule is COc1ccc(F)cc1-c1csc(NC(=O)CNC(=O)c2cccc(Cl)c2)n1. The third-order valence-corrected chi connectivity index (χ3v) is 4.68. The van der Waals surface area contributed by atoms with E-state index >= 15 is 0 Å². The molecule has 2 N–H and O–H groups in total. The molecule has 2 amide bonds. The predicted octanol–water partition coefficient (Wildman–Crippen LogP) is 3.98. The van der Waals surface area contributed by atoms with Crippen molar-refractivity contribution in [2.45, 2.75) is 0 Å². The van der Waals surface area contributed by atoms with Crippen molar-refractivity contribution in [1.29, 1.82) is 0 Å². The lowest BCUT2D eigenvalue weighted by Crippen LogP contribution is -2.32. The van der Waals surface area contributed by atoms with Gasteiger partial charge in [-0.25, -0.2) is 9.37 Å². The Hall–Kier alpha value is -2.97. The fourth-order valence-electron chi connectivity index (χ4n) is 2.39. The van der Waals surface area contributed by atoms with E-state index in [-0.39, 0.29) is 6.54 Å². The van der Waals surface area contributed by atoms with Crippen LogP contribution in [0.15, 0.2) is 47.8 Å². The van der Waals surface area contributed by atoms with E-state index in [2.05, 4.69) is 15.6 Å². The summed E-state index contributed by atoms with van der Waals surface area (Å²) < 4.78 is 18.7. The van der Waals surface area contributed by atoms with Crippen LogP contribution in [0.25, 0.3) is 11.3 Å². The molecule has 3 aromatic rings. The van der Waals surface area contributed by atoms with E-state index < -0.39 is 17.6 Å². The van der Waals surface area contributed by atoms with Crippen LogP contribution in [0.3, 0.4) is 0 Å². The van der Waals surface area contributed by atoms with Gasteiger partial charge in [0, 0.05) is 21.5 Å². The summed E-state index contributed by atoms with van der Waals surface area (Å²) in [5.41, 5.74) is 1.31. The van der Waals surface area contributed by atoms with Gasteiger partial charge >= 0.3 is 0 Å². The number of ether oxygens (including phenoxy) is 1. The minimum atomic E-state index is -0.442. The van der Waals surface area contributed by atoms with Crippen molar-refractivity contribution in [3.05, 3.63) is 64.2 Å². The van der Waals surface area contributed by atoms with Gasteiger partial charge in [0.05, 0.1) is 19.3 Å². The number of carbonyl (C=O) groups is 2. The monoisotopic (exact) mass is 419 g/mol. The molecule has 0 fully saturated rings. The average molecular weight is 420 g/mol. The second-order valence-electron chi connectivity index (χ2n) is 5.62. The maximum Gasteiger partial charge on any atom is 0.251 e. The largest absolute Gasteiger partial charge is 0.496 e. The van der Waals surface area contributed by atoms with Crippen molar-refractivity contribution in [2.75, 3.05) is 19.0 Å². The first-order valence-corrected chi connectivity index (χ1v) is 9.35. The first-order chi connectivity index (χ1) is 13.5. The van der Waals surface area contributed by atoms with Gasteiger partial charge in [-0.15, -0.1) is 11.3 Å². The van der Waals surface area contributed by atoms with Gasteiger partial charge in [-0.1, -0.05) is 17.7 Å². The summed E-state index contributed by atoms with van der Waals surface area (Å²) in [5.74, 6) is -0.805. The van der Waals surface area contributed by atoms with E-state index in [4.69, 9.17) is 16.3 Å². The molecule has 28 heavy (non-hydrogen) atoms. The average Bonchev–Trinajstić information content (AvgIpc) is 3.14. The number of thiazole rings is 1. The van der Waals surface area contributed by atoms with Gasteiger partial charge in [-0.3, -0.25) is 9.59 Å². The highest BCUT2D eigenvalue weighted by Crippen LogP contribution is 2.32. The van der Waals surface area contributed by atoms with E-state index in [0.29, 0.717) is 32.7 Å². The molecular formula is C19H15ClFN3O3S. The topological polar surface area (TPSA) is 80.3 Å². The molecule has 0 unspecified atom stereocenters. The number of halogens is 2. The molecular weight excluding hydrogens is 405 g/mol. The van der Waals surface area contributed by atoms with E-state index in [1.807, 2.05) is 0 Å². The molecule has 144 valence electrons. The number of hydrogen-bond donors (Lipinski definition) is 2. The van der Waals surface area contributed by atoms with Gasteiger partial charge in [0.15, 0.2) is 5.13 Å². The minimum absolute atomic E-state index is 0.233. The molecule has 0 aliphatic rings. The Bertz CT molecular complexity index is 1030. The number of methoxy groups -OCH3 is 1. The van der Waals surface area contributed by atoms with Crippen LogP contribution in [-0.4, -0.2) is 30.5 Å². The summed E-state index contributed by atoms with van der Waals surface area (Å²) in [7, 11) is 1.48. The molecule has 1 heterocycles. The van der Waals surface area contributed by atoms with Crippen LogP contribution in [0.5, 0.6) is 5.75 Å². The summed E-state index contributed by atoms with van der Waals surface area (Å²) in [6.45, 7) is -0.233. The number of rotatable bonds is 6. The molecule has 0 spiro atoms. The molecule has 3 rings (SSSR count). The Morgan fingerprint density at radius 3 is 2.82 bits per heavy atom. The Morgan fingerprint density at radius 2 is 2.07 bits per heavy atom. The first kappa shape index (κ1) is 19.8. The second-order valence-corrected chi connectivity index (χ2v) is 6.92. The Labute approximate surface area is 169 Å². The molecule has 0 atom stereocenters. The summed E-state index contributed by atoms with van der Waals surface area (Å²) in [6, 6.07) is 10.5. The Balaban J connectivity index is 1.61. The molecule has 0 bridgehead atoms. The zero-order valence-corrected chi connectivity index (χ0v) is 16.2. The normalized spacial score (nSPS) is 10.4. The van der Waals surface area contributed by atoms with Crippen molar-refractivity contribution < 1.29 is 18.7 Å². The summed E-state index contributed by atoms with van der Waals surface area (Å²) >= 11 is 7.02. The zero-order chi connectivity index (χ0) is 20.1. The maximum absolute atomic E-state index is 13.5. The molecule has 0 saturated carbocycles. The van der Waals surface area contributed by atoms with Crippen LogP contribution in [0.1, 0.15) is 10.4 Å². The molecule has 0 saturated heterocycles. The third-order valence-electron chi connectivity index (χ3n) is 3.68. The summed E-state index contributed by atoms with van der Waals surface area (Å²) in [6.07, 6.45) is 0. The van der Waals surface area contributed by atoms with Crippen LogP contribution in [0.2, 0.25) is 5.02 Å². The lowest BCUT2D eigenvalue weighted by atomic mass is 10.1. The highest BCUT2D eigenvalue weighted by molar-refractivity contribution is 7.14. The highest BCUT2D eigenvalue weighted by atomic mass is 35.5. The standard InChI is InChI=1S/C19H15ClFN3O3S/c1-27-16-6-5-13(21)8-14(16)15-10-28-19(23-15)24-17(25)9-22-18(26)11-3-2-4-12(20)7-11/h2-8,10H,9H2,1H3,(H,22,26)(H,23,24,25). The quantitative estimate of drug-likeness (QED) is 0.633. The zero-order valence-electron chi connectivity index (χ0n) is 14.7. The van der Waals surface area contributed by atoms with Crippen molar-refractivity contribution >= 4 is 39.9 Å². The van der Waals surface area contributed by atoms with E-state index in [0.717, 1.165) is 0 Å². The molecule has 0 radical (unpaired) electrons. The van der Waals surface area contributed by atoms with Crippen LogP contribution < -0.4 is 15.4 Å². The van der Waals surface area contributed by atoms with Gasteiger partial charge < -0.3 is 15.4 Å². The molecule has 1 aromatic heterocycles. The lowest BCUT2D eigenvalue weighted by molar-refractivity contribution is -0.115. The maximum atomic E-state index is 13.5. The number of anilines is 1. The van der Waals surface area contributed by atoms with Crippen LogP contribution in [0.4, 0.5) is 9.52 Å². The van der Waals surface area contributed by atoms with Crippen molar-refractivity contribution in [3.8, 4) is 17.0 Å². The molecule has 0 aliphatic heterocycles. The van der Waals surface area contributed by atoms with Gasteiger partial charge in [0.25, 0.3) is 5.91 Å². The van der Waals surface area contributed by atoms with Gasteiger partial charge in [0.1, 0.15) is 11.6 Å². The number of aromatic nitrogens is 1. The number of benzene rings is 2. The molecule has 0 aliphatic carbocycles. The smallest absolute Gasteiger partial charge is 0.251 e. The van der Waals surface area contributed by atoms with E-state index in [1.165, 1.54) is 42.7 Å². The van der Waals surface area contributed by atoms with Gasteiger partial charge in [0.2, 0.25) is 5.91 Å². The number of nitrogens with one attached hydrogen (secondary N) is 2. The molecule has 6 nitrogen and oxygen atoms in total. The predicted molar refractivity (Wildman–Crippen MR) is 106 cm³/mol. The van der Waals surface area contributed by atoms with Crippen molar-refractivity contribution in [3.63, 3.8) is 0 Å². The lowest BCUT2D eigenvalue weighted by Gasteiger charge is -2.06. The highest BCUT2D eigenvalue weighted by Gasteiger charge is 2.14. The first-order valence-electron chi connectivity index (χ1n) is 8.09. The number of amides is 2. The minimum Gasteiger partial charge on any atom is -0.496 e. The van der Waals surface area contributed by atoms with E-state index in [9.17, 15) is 14.0 Å². The van der Waals surface area contributed by atoms with Crippen LogP contribution in [0, 0.1) is 5.82 Å². The number of hydrogen-bond acceptors (Lipinski definition) is 5. The Morgan fingerprint density at radius 1 is 1.25 bits per heavy atom. The van der Waals surface area contributed by atoms with Crippen LogP contribution in [-0.2, 0) is 4.79 Å². The van der Waals surface area contributed by atoms with Gasteiger partial charge in [-0.05, 0) is 36.4 Å². The summed E-state index contributed by atoms with van der Waals surface area (Å²) in [4.78, 5) is 28.4. The fraction of sp³-hybridized carbons (Fsp3) is 0.105. The summed E-state index contributed by atoms with van der Waals surface area (Å²) in [5, 5.41) is 7.53. The Kier molecular flexibility index (Phi) is 6.23. The third kappa shape index (κ3) is 4.85. The fourth-order valence-corrected chi connectivity index (χ4v) is 3.31. The van der Waals surface area contributed by atoms with Crippen molar-refractivity contribution in [1.82, 2.24) is 10.3 Å². The molecule has 2 aromatic carbocycles. The number of carbonyl (C=O) groups excluding carboxylic acids is 2.